The van der Waals surface area contributed by atoms with E-state index in [2.05, 4.69) is 58.5 Å². The summed E-state index contributed by atoms with van der Waals surface area (Å²) in [6, 6.07) is 0. The van der Waals surface area contributed by atoms with E-state index < -0.39 is 0 Å². The zero-order valence-electron chi connectivity index (χ0n) is 17.2. The van der Waals surface area contributed by atoms with Crippen LogP contribution in [0.3, 0.4) is 0 Å². The maximum absolute atomic E-state index is 4.01. The van der Waals surface area contributed by atoms with Crippen LogP contribution in [0.2, 0.25) is 0 Å². The van der Waals surface area contributed by atoms with Gasteiger partial charge in [0.25, 0.3) is 0 Å². The lowest BCUT2D eigenvalue weighted by atomic mass is 9.69. The van der Waals surface area contributed by atoms with Gasteiger partial charge < -0.3 is 0 Å². The quantitative estimate of drug-likeness (QED) is 0.329. The van der Waals surface area contributed by atoms with E-state index in [0.717, 1.165) is 11.2 Å². The van der Waals surface area contributed by atoms with Gasteiger partial charge >= 0.3 is 0 Å². The predicted molar refractivity (Wildman–Crippen MR) is 130 cm³/mol. The SMILES string of the molecule is C1CCCC(C2(N3CC3)CCSSC2(C2CCSS2)N2CCCCCN2)CC1. The molecule has 160 valence electrons. The van der Waals surface area contributed by atoms with Gasteiger partial charge in [-0.1, -0.05) is 75.3 Å². The molecule has 1 N–H and O–H groups in total. The Labute approximate surface area is 187 Å². The molecule has 4 heterocycles. The van der Waals surface area contributed by atoms with Gasteiger partial charge in [0.1, 0.15) is 4.87 Å². The van der Waals surface area contributed by atoms with Gasteiger partial charge in [0, 0.05) is 42.9 Å². The van der Waals surface area contributed by atoms with Gasteiger partial charge in [-0.25, -0.2) is 5.01 Å². The van der Waals surface area contributed by atoms with Gasteiger partial charge in [0.05, 0.1) is 5.54 Å². The average molecular weight is 460 g/mol. The largest absolute Gasteiger partial charge is 0.292 e. The molecule has 0 aromatic carbocycles. The Morgan fingerprint density at radius 1 is 0.786 bits per heavy atom. The molecular formula is C21H37N3S4. The topological polar surface area (TPSA) is 18.3 Å². The highest BCUT2D eigenvalue weighted by molar-refractivity contribution is 8.79. The number of nitrogens with one attached hydrogen (secondary N) is 1. The van der Waals surface area contributed by atoms with Crippen molar-refractivity contribution in [3.63, 3.8) is 0 Å². The van der Waals surface area contributed by atoms with Crippen LogP contribution in [0.5, 0.6) is 0 Å². The first-order valence-corrected chi connectivity index (χ1v) is 16.4. The predicted octanol–water partition coefficient (Wildman–Crippen LogP) is 5.64. The van der Waals surface area contributed by atoms with Crippen LogP contribution >= 0.6 is 43.2 Å². The van der Waals surface area contributed by atoms with Crippen LogP contribution in [0.25, 0.3) is 0 Å². The van der Waals surface area contributed by atoms with Crippen LogP contribution in [0, 0.1) is 5.92 Å². The highest BCUT2D eigenvalue weighted by Gasteiger charge is 2.68. The van der Waals surface area contributed by atoms with Crippen molar-refractivity contribution in [2.75, 3.05) is 37.7 Å². The Kier molecular flexibility index (Phi) is 7.11. The normalized spacial score (nSPS) is 42.2. The fourth-order valence-corrected chi connectivity index (χ4v) is 14.1. The number of hydrazine groups is 1. The third kappa shape index (κ3) is 3.71. The first-order chi connectivity index (χ1) is 13.9. The minimum Gasteiger partial charge on any atom is -0.292 e. The van der Waals surface area contributed by atoms with Crippen LogP contribution in [0.15, 0.2) is 0 Å². The van der Waals surface area contributed by atoms with E-state index >= 15 is 0 Å². The van der Waals surface area contributed by atoms with Gasteiger partial charge in [0.15, 0.2) is 0 Å². The minimum atomic E-state index is 0.236. The third-order valence-corrected chi connectivity index (χ3v) is 14.1. The maximum atomic E-state index is 4.01. The monoisotopic (exact) mass is 459 g/mol. The Morgan fingerprint density at radius 3 is 2.36 bits per heavy atom. The van der Waals surface area contributed by atoms with Crippen molar-refractivity contribution in [1.82, 2.24) is 15.3 Å². The summed E-state index contributed by atoms with van der Waals surface area (Å²) >= 11 is 0. The van der Waals surface area contributed by atoms with E-state index in [1.54, 1.807) is 0 Å². The number of nitrogens with zero attached hydrogens (tertiary/aromatic N) is 2. The van der Waals surface area contributed by atoms with Crippen LogP contribution in [0.1, 0.15) is 70.6 Å². The third-order valence-electron chi connectivity index (χ3n) is 7.76. The van der Waals surface area contributed by atoms with Crippen molar-refractivity contribution in [2.45, 2.75) is 86.3 Å². The molecule has 3 atom stereocenters. The van der Waals surface area contributed by atoms with E-state index in [1.807, 2.05) is 0 Å². The van der Waals surface area contributed by atoms with E-state index in [4.69, 9.17) is 0 Å². The van der Waals surface area contributed by atoms with Crippen molar-refractivity contribution in [3.05, 3.63) is 0 Å². The smallest absolute Gasteiger partial charge is 0.122 e. The first kappa shape index (κ1) is 21.1. The molecule has 5 aliphatic rings. The summed E-state index contributed by atoms with van der Waals surface area (Å²) in [5.74, 6) is 3.58. The summed E-state index contributed by atoms with van der Waals surface area (Å²) in [5, 5.41) is 3.59. The van der Waals surface area contributed by atoms with E-state index in [-0.39, 0.29) is 4.87 Å². The Bertz CT molecular complexity index is 512. The Morgan fingerprint density at radius 2 is 1.61 bits per heavy atom. The number of hydrogen-bond acceptors (Lipinski definition) is 7. The lowest BCUT2D eigenvalue weighted by molar-refractivity contribution is -0.0437. The summed E-state index contributed by atoms with van der Waals surface area (Å²) in [5.41, 5.74) is 4.39. The van der Waals surface area contributed by atoms with E-state index in [9.17, 15) is 0 Å². The highest BCUT2D eigenvalue weighted by atomic mass is 33.1. The molecule has 5 rings (SSSR count). The van der Waals surface area contributed by atoms with Gasteiger partial charge in [-0.2, -0.15) is 0 Å². The molecule has 3 nitrogen and oxygen atoms in total. The zero-order chi connectivity index (χ0) is 18.9. The van der Waals surface area contributed by atoms with Crippen LogP contribution < -0.4 is 5.43 Å². The molecular weight excluding hydrogens is 423 g/mol. The second kappa shape index (κ2) is 9.41. The molecule has 5 fully saturated rings. The van der Waals surface area contributed by atoms with Crippen LogP contribution in [-0.2, 0) is 0 Å². The van der Waals surface area contributed by atoms with Gasteiger partial charge in [0.2, 0.25) is 0 Å². The lowest BCUT2D eigenvalue weighted by Crippen LogP contribution is -2.75. The molecule has 0 aromatic rings. The molecule has 7 heteroatoms. The summed E-state index contributed by atoms with van der Waals surface area (Å²) in [6.07, 6.45) is 15.7. The highest BCUT2D eigenvalue weighted by Crippen LogP contribution is 2.65. The summed E-state index contributed by atoms with van der Waals surface area (Å²) in [6.45, 7) is 5.12. The van der Waals surface area contributed by atoms with Crippen molar-refractivity contribution in [2.24, 2.45) is 5.92 Å². The molecule has 4 aliphatic heterocycles. The maximum Gasteiger partial charge on any atom is 0.122 e. The molecule has 0 amide bonds. The average Bonchev–Trinajstić information content (AvgIpc) is 3.53. The molecule has 4 saturated heterocycles. The summed E-state index contributed by atoms with van der Waals surface area (Å²) in [4.78, 5) is 3.20. The second-order valence-corrected chi connectivity index (χ2v) is 14.6. The second-order valence-electron chi connectivity index (χ2n) is 9.27. The van der Waals surface area contributed by atoms with Crippen molar-refractivity contribution in [3.8, 4) is 0 Å². The standard InChI is InChI=1S/C21H37N3S4/c1-2-5-9-18(8-4-1)20(23-14-15-23)11-17-26-28-21(20,19-10-16-25-27-19)24-13-7-3-6-12-22-24/h18-19,22H,1-17H2. The molecule has 0 aromatic heterocycles. The molecule has 28 heavy (non-hydrogen) atoms. The molecule has 0 spiro atoms. The summed E-state index contributed by atoms with van der Waals surface area (Å²) in [7, 11) is 8.88. The fourth-order valence-electron chi connectivity index (χ4n) is 6.45. The Balaban J connectivity index is 1.60. The minimum absolute atomic E-state index is 0.236. The van der Waals surface area contributed by atoms with Crippen molar-refractivity contribution in [1.29, 1.82) is 0 Å². The van der Waals surface area contributed by atoms with Gasteiger partial charge in [-0.15, -0.1) is 0 Å². The summed E-state index contributed by atoms with van der Waals surface area (Å²) < 4.78 is 0. The molecule has 3 unspecified atom stereocenters. The molecule has 1 aliphatic carbocycles. The van der Waals surface area contributed by atoms with E-state index in [1.165, 1.54) is 108 Å². The van der Waals surface area contributed by atoms with E-state index in [0.29, 0.717) is 5.54 Å². The zero-order valence-corrected chi connectivity index (χ0v) is 20.5. The fraction of sp³-hybridized carbons (Fsp3) is 1.00. The van der Waals surface area contributed by atoms with Gasteiger partial charge in [-0.3, -0.25) is 10.3 Å². The Hall–Kier alpha value is 1.28. The molecule has 1 saturated carbocycles. The van der Waals surface area contributed by atoms with Crippen molar-refractivity contribution >= 4 is 43.2 Å². The molecule has 0 bridgehead atoms. The number of rotatable bonds is 4. The van der Waals surface area contributed by atoms with Crippen LogP contribution in [-0.4, -0.2) is 63.3 Å². The van der Waals surface area contributed by atoms with Crippen LogP contribution in [0.4, 0.5) is 0 Å². The first-order valence-electron chi connectivity index (χ1n) is 11.7. The molecule has 0 radical (unpaired) electrons. The lowest BCUT2D eigenvalue weighted by Gasteiger charge is -2.63. The number of hydrogen-bond donors (Lipinski definition) is 1. The van der Waals surface area contributed by atoms with Gasteiger partial charge in [-0.05, 0) is 44.4 Å². The van der Waals surface area contributed by atoms with Crippen molar-refractivity contribution < 1.29 is 0 Å².